The van der Waals surface area contributed by atoms with Crippen molar-refractivity contribution in [1.82, 2.24) is 24.4 Å². The van der Waals surface area contributed by atoms with Gasteiger partial charge in [-0.05, 0) is 15.9 Å². The molecule has 8 heteroatoms. The fourth-order valence-corrected chi connectivity index (χ4v) is 2.55. The summed E-state index contributed by atoms with van der Waals surface area (Å²) < 4.78 is 8.92. The third-order valence-corrected chi connectivity index (χ3v) is 3.67. The van der Waals surface area contributed by atoms with Gasteiger partial charge in [-0.1, -0.05) is 0 Å². The van der Waals surface area contributed by atoms with E-state index in [9.17, 15) is 4.79 Å². The van der Waals surface area contributed by atoms with Crippen molar-refractivity contribution in [2.45, 2.75) is 6.54 Å². The standard InChI is InChI=1S/C13H12BrN5O2/c1-21-5-4-19-12(10(14)7-17-19)13(20)9-6-16-18-3-2-15-8-11(9)18/h2-3,6-8H,4-5H2,1H3. The molecule has 0 aliphatic rings. The number of hydrogen-bond donors (Lipinski definition) is 0. The lowest BCUT2D eigenvalue weighted by atomic mass is 10.1. The highest BCUT2D eigenvalue weighted by molar-refractivity contribution is 9.10. The Morgan fingerprint density at radius 3 is 3.00 bits per heavy atom. The molecule has 0 unspecified atom stereocenters. The average molecular weight is 350 g/mol. The molecule has 21 heavy (non-hydrogen) atoms. The smallest absolute Gasteiger partial charge is 0.216 e. The van der Waals surface area contributed by atoms with E-state index in [2.05, 4.69) is 31.1 Å². The van der Waals surface area contributed by atoms with Crippen molar-refractivity contribution in [3.05, 3.63) is 46.7 Å². The summed E-state index contributed by atoms with van der Waals surface area (Å²) in [5, 5.41) is 8.35. The van der Waals surface area contributed by atoms with E-state index in [1.165, 1.54) is 0 Å². The van der Waals surface area contributed by atoms with E-state index in [0.29, 0.717) is 34.4 Å². The Hall–Kier alpha value is -2.06. The second-order valence-corrected chi connectivity index (χ2v) is 5.20. The van der Waals surface area contributed by atoms with Gasteiger partial charge in [-0.15, -0.1) is 0 Å². The van der Waals surface area contributed by atoms with Gasteiger partial charge in [0.15, 0.2) is 0 Å². The van der Waals surface area contributed by atoms with Crippen LogP contribution in [0.2, 0.25) is 0 Å². The number of carbonyl (C=O) groups is 1. The molecule has 3 rings (SSSR count). The molecule has 3 heterocycles. The Balaban J connectivity index is 2.04. The molecule has 0 aliphatic carbocycles. The summed E-state index contributed by atoms with van der Waals surface area (Å²) in [6, 6.07) is 0. The maximum absolute atomic E-state index is 12.8. The number of halogens is 1. The van der Waals surface area contributed by atoms with Crippen LogP contribution in [0.15, 0.2) is 35.5 Å². The van der Waals surface area contributed by atoms with Crippen LogP contribution in [0.1, 0.15) is 16.1 Å². The van der Waals surface area contributed by atoms with Crippen LogP contribution in [-0.4, -0.2) is 43.9 Å². The fourth-order valence-electron chi connectivity index (χ4n) is 2.07. The van der Waals surface area contributed by atoms with Crippen LogP contribution in [0.25, 0.3) is 5.52 Å². The number of hydrogen-bond acceptors (Lipinski definition) is 5. The Morgan fingerprint density at radius 1 is 1.33 bits per heavy atom. The van der Waals surface area contributed by atoms with E-state index >= 15 is 0 Å². The minimum Gasteiger partial charge on any atom is -0.383 e. The molecule has 0 amide bonds. The molecule has 0 saturated heterocycles. The number of fused-ring (bicyclic) bond motifs is 1. The molecule has 0 bridgehead atoms. The van der Waals surface area contributed by atoms with E-state index in [0.717, 1.165) is 0 Å². The fraction of sp³-hybridized carbons (Fsp3) is 0.231. The maximum atomic E-state index is 12.8. The molecule has 0 radical (unpaired) electrons. The van der Waals surface area contributed by atoms with Crippen molar-refractivity contribution in [2.75, 3.05) is 13.7 Å². The van der Waals surface area contributed by atoms with Gasteiger partial charge < -0.3 is 4.74 Å². The normalized spacial score (nSPS) is 11.1. The van der Waals surface area contributed by atoms with E-state index in [-0.39, 0.29) is 5.78 Å². The van der Waals surface area contributed by atoms with Gasteiger partial charge in [0, 0.05) is 19.5 Å². The molecule has 0 atom stereocenters. The molecule has 0 saturated carbocycles. The van der Waals surface area contributed by atoms with Gasteiger partial charge in [0.1, 0.15) is 5.69 Å². The third-order valence-electron chi connectivity index (χ3n) is 3.09. The summed E-state index contributed by atoms with van der Waals surface area (Å²) in [5.41, 5.74) is 1.63. The van der Waals surface area contributed by atoms with Crippen LogP contribution >= 0.6 is 15.9 Å². The van der Waals surface area contributed by atoms with Crippen molar-refractivity contribution < 1.29 is 9.53 Å². The Morgan fingerprint density at radius 2 is 2.19 bits per heavy atom. The third kappa shape index (κ3) is 2.47. The van der Waals surface area contributed by atoms with Crippen LogP contribution in [0.3, 0.4) is 0 Å². The Labute approximate surface area is 128 Å². The molecule has 0 fully saturated rings. The minimum atomic E-state index is -0.154. The molecule has 3 aromatic heterocycles. The number of nitrogens with zero attached hydrogens (tertiary/aromatic N) is 5. The van der Waals surface area contributed by atoms with Gasteiger partial charge >= 0.3 is 0 Å². The van der Waals surface area contributed by atoms with Crippen LogP contribution in [-0.2, 0) is 11.3 Å². The highest BCUT2D eigenvalue weighted by Gasteiger charge is 2.22. The molecule has 0 aromatic carbocycles. The summed E-state index contributed by atoms with van der Waals surface area (Å²) in [7, 11) is 1.61. The van der Waals surface area contributed by atoms with E-state index < -0.39 is 0 Å². The first-order chi connectivity index (χ1) is 10.2. The largest absolute Gasteiger partial charge is 0.383 e. The van der Waals surface area contributed by atoms with E-state index in [4.69, 9.17) is 4.74 Å². The second-order valence-electron chi connectivity index (χ2n) is 4.35. The monoisotopic (exact) mass is 349 g/mol. The number of aromatic nitrogens is 5. The molecule has 7 nitrogen and oxygen atoms in total. The summed E-state index contributed by atoms with van der Waals surface area (Å²) in [5.74, 6) is -0.154. The number of carbonyl (C=O) groups excluding carboxylic acids is 1. The van der Waals surface area contributed by atoms with E-state index in [1.54, 1.807) is 47.3 Å². The molecular weight excluding hydrogens is 338 g/mol. The first-order valence-electron chi connectivity index (χ1n) is 6.24. The zero-order valence-electron chi connectivity index (χ0n) is 11.2. The zero-order chi connectivity index (χ0) is 14.8. The Bertz CT molecular complexity index is 795. The maximum Gasteiger partial charge on any atom is 0.216 e. The van der Waals surface area contributed by atoms with Crippen LogP contribution in [0.5, 0.6) is 0 Å². The van der Waals surface area contributed by atoms with Gasteiger partial charge in [0.2, 0.25) is 5.78 Å². The molecule has 108 valence electrons. The topological polar surface area (TPSA) is 74.3 Å². The Kier molecular flexibility index (Phi) is 3.80. The van der Waals surface area contributed by atoms with Crippen LogP contribution in [0.4, 0.5) is 0 Å². The van der Waals surface area contributed by atoms with E-state index in [1.807, 2.05) is 0 Å². The minimum absolute atomic E-state index is 0.154. The average Bonchev–Trinajstić information content (AvgIpc) is 3.08. The molecule has 3 aromatic rings. The molecule has 0 aliphatic heterocycles. The number of rotatable bonds is 5. The highest BCUT2D eigenvalue weighted by atomic mass is 79.9. The zero-order valence-corrected chi connectivity index (χ0v) is 12.8. The van der Waals surface area contributed by atoms with Gasteiger partial charge in [0.05, 0.1) is 47.3 Å². The van der Waals surface area contributed by atoms with Crippen molar-refractivity contribution >= 4 is 27.2 Å². The predicted octanol–water partition coefficient (Wildman–Crippen LogP) is 1.57. The summed E-state index contributed by atoms with van der Waals surface area (Å²) in [4.78, 5) is 16.8. The quantitative estimate of drug-likeness (QED) is 0.653. The van der Waals surface area contributed by atoms with Crippen molar-refractivity contribution in [3.63, 3.8) is 0 Å². The van der Waals surface area contributed by atoms with Crippen LogP contribution in [0, 0.1) is 0 Å². The van der Waals surface area contributed by atoms with Crippen LogP contribution < -0.4 is 0 Å². The predicted molar refractivity (Wildman–Crippen MR) is 78.2 cm³/mol. The highest BCUT2D eigenvalue weighted by Crippen LogP contribution is 2.22. The molecule has 0 spiro atoms. The molecular formula is C13H12BrN5O2. The van der Waals surface area contributed by atoms with Crippen molar-refractivity contribution in [2.24, 2.45) is 0 Å². The van der Waals surface area contributed by atoms with Crippen molar-refractivity contribution in [3.8, 4) is 0 Å². The number of methoxy groups -OCH3 is 1. The lowest BCUT2D eigenvalue weighted by molar-refractivity contribution is 0.102. The van der Waals surface area contributed by atoms with Gasteiger partial charge in [-0.25, -0.2) is 4.52 Å². The SMILES string of the molecule is COCCn1ncc(Br)c1C(=O)c1cnn2ccncc12. The van der Waals surface area contributed by atoms with Gasteiger partial charge in [-0.2, -0.15) is 10.2 Å². The summed E-state index contributed by atoms with van der Waals surface area (Å²) in [6.07, 6.45) is 8.08. The molecule has 0 N–H and O–H groups in total. The second kappa shape index (κ2) is 5.74. The van der Waals surface area contributed by atoms with Crippen molar-refractivity contribution in [1.29, 1.82) is 0 Å². The van der Waals surface area contributed by atoms with Gasteiger partial charge in [0.25, 0.3) is 0 Å². The first-order valence-corrected chi connectivity index (χ1v) is 7.04. The van der Waals surface area contributed by atoms with Gasteiger partial charge in [-0.3, -0.25) is 14.5 Å². The number of ketones is 1. The first kappa shape index (κ1) is 13.9. The number of ether oxygens (including phenoxy) is 1. The lowest BCUT2D eigenvalue weighted by Crippen LogP contribution is -2.14. The summed E-state index contributed by atoms with van der Waals surface area (Å²) >= 11 is 3.37. The summed E-state index contributed by atoms with van der Waals surface area (Å²) in [6.45, 7) is 0.978. The lowest BCUT2D eigenvalue weighted by Gasteiger charge is -2.06.